The summed E-state index contributed by atoms with van der Waals surface area (Å²) in [6.45, 7) is 0.971. The lowest BCUT2D eigenvalue weighted by atomic mass is 10.6. The molecule has 1 atom stereocenters. The van der Waals surface area contributed by atoms with Gasteiger partial charge >= 0.3 is 0 Å². The van der Waals surface area contributed by atoms with Gasteiger partial charge < -0.3 is 4.74 Å². The van der Waals surface area contributed by atoms with Gasteiger partial charge in [-0.1, -0.05) is 6.07 Å². The molecule has 1 aliphatic heterocycles. The van der Waals surface area contributed by atoms with E-state index in [1.54, 1.807) is 11.3 Å². The van der Waals surface area contributed by atoms with Gasteiger partial charge in [-0.2, -0.15) is 0 Å². The Morgan fingerprint density at radius 2 is 2.70 bits per heavy atom. The third-order valence-corrected chi connectivity index (χ3v) is 3.57. The van der Waals surface area contributed by atoms with Crippen molar-refractivity contribution in [2.75, 3.05) is 12.4 Å². The molecule has 0 aromatic carbocycles. The summed E-state index contributed by atoms with van der Waals surface area (Å²) in [6, 6.07) is 4.23. The van der Waals surface area contributed by atoms with E-state index in [-0.39, 0.29) is 0 Å². The largest absolute Gasteiger partial charge is 0.372 e. The van der Waals surface area contributed by atoms with E-state index in [1.165, 1.54) is 4.21 Å². The van der Waals surface area contributed by atoms with E-state index < -0.39 is 0 Å². The fraction of sp³-hybridized carbons (Fsp3) is 0.429. The van der Waals surface area contributed by atoms with Crippen LogP contribution in [0.25, 0.3) is 0 Å². The summed E-state index contributed by atoms with van der Waals surface area (Å²) < 4.78 is 6.49. The average molecular weight is 172 g/mol. The van der Waals surface area contributed by atoms with E-state index in [2.05, 4.69) is 17.5 Å². The van der Waals surface area contributed by atoms with Gasteiger partial charge in [-0.3, -0.25) is 0 Å². The maximum atomic E-state index is 5.09. The molecule has 10 heavy (non-hydrogen) atoms. The molecule has 1 aromatic heterocycles. The van der Waals surface area contributed by atoms with E-state index in [0.717, 1.165) is 12.4 Å². The smallest absolute Gasteiger partial charge is 0.0903 e. The first kappa shape index (κ1) is 6.70. The highest BCUT2D eigenvalue weighted by atomic mass is 32.2. The van der Waals surface area contributed by atoms with Crippen LogP contribution in [0.5, 0.6) is 0 Å². The van der Waals surface area contributed by atoms with Gasteiger partial charge in [0.25, 0.3) is 0 Å². The van der Waals surface area contributed by atoms with Crippen LogP contribution in [-0.4, -0.2) is 18.5 Å². The quantitative estimate of drug-likeness (QED) is 0.512. The number of hydrogen-bond donors (Lipinski definition) is 0. The van der Waals surface area contributed by atoms with E-state index in [0.29, 0.717) is 6.10 Å². The van der Waals surface area contributed by atoms with Crippen molar-refractivity contribution in [3.8, 4) is 0 Å². The summed E-state index contributed by atoms with van der Waals surface area (Å²) in [5.74, 6) is 1.13. The third kappa shape index (κ3) is 1.75. The summed E-state index contributed by atoms with van der Waals surface area (Å²) in [5, 5.41) is 2.11. The summed E-state index contributed by atoms with van der Waals surface area (Å²) in [5.41, 5.74) is 0. The van der Waals surface area contributed by atoms with Gasteiger partial charge in [-0.25, -0.2) is 0 Å². The summed E-state index contributed by atoms with van der Waals surface area (Å²) in [4.78, 5) is 0. The molecule has 0 N–H and O–H groups in total. The van der Waals surface area contributed by atoms with Gasteiger partial charge in [-0.15, -0.1) is 23.1 Å². The highest BCUT2D eigenvalue weighted by Gasteiger charge is 2.22. The second-order valence-electron chi connectivity index (χ2n) is 2.20. The van der Waals surface area contributed by atoms with Crippen molar-refractivity contribution in [1.82, 2.24) is 0 Å². The van der Waals surface area contributed by atoms with Crippen molar-refractivity contribution in [3.05, 3.63) is 17.5 Å². The standard InChI is InChI=1S/C7H8OS2/c1-2-7(9-3-1)10-5-6-4-8-6/h1-3,6H,4-5H2. The zero-order chi connectivity index (χ0) is 6.81. The maximum Gasteiger partial charge on any atom is 0.0903 e. The monoisotopic (exact) mass is 172 g/mol. The zero-order valence-corrected chi connectivity index (χ0v) is 7.08. The zero-order valence-electron chi connectivity index (χ0n) is 5.45. The molecule has 1 aliphatic rings. The molecule has 1 nitrogen and oxygen atoms in total. The molecule has 1 fully saturated rings. The van der Waals surface area contributed by atoms with Gasteiger partial charge in [0, 0.05) is 5.75 Å². The number of thioether (sulfide) groups is 1. The molecule has 2 heterocycles. The van der Waals surface area contributed by atoms with Crippen molar-refractivity contribution in [3.63, 3.8) is 0 Å². The van der Waals surface area contributed by atoms with Crippen LogP contribution in [0.1, 0.15) is 0 Å². The van der Waals surface area contributed by atoms with Crippen LogP contribution in [0.3, 0.4) is 0 Å². The average Bonchev–Trinajstić information content (AvgIpc) is 2.63. The lowest BCUT2D eigenvalue weighted by Crippen LogP contribution is -1.86. The minimum Gasteiger partial charge on any atom is -0.372 e. The fourth-order valence-corrected chi connectivity index (χ4v) is 2.49. The summed E-state index contributed by atoms with van der Waals surface area (Å²) >= 11 is 3.69. The van der Waals surface area contributed by atoms with E-state index in [1.807, 2.05) is 11.8 Å². The second kappa shape index (κ2) is 2.95. The number of rotatable bonds is 3. The highest BCUT2D eigenvalue weighted by molar-refractivity contribution is 8.01. The van der Waals surface area contributed by atoms with Gasteiger partial charge in [0.1, 0.15) is 0 Å². The van der Waals surface area contributed by atoms with Gasteiger partial charge in [0.2, 0.25) is 0 Å². The molecule has 3 heteroatoms. The molecule has 2 rings (SSSR count). The van der Waals surface area contributed by atoms with Crippen molar-refractivity contribution in [1.29, 1.82) is 0 Å². The SMILES string of the molecule is c1csc(SCC2CO2)c1. The third-order valence-electron chi connectivity index (χ3n) is 1.31. The molecule has 54 valence electrons. The second-order valence-corrected chi connectivity index (χ2v) is 4.47. The Morgan fingerprint density at radius 1 is 1.80 bits per heavy atom. The van der Waals surface area contributed by atoms with Crippen molar-refractivity contribution < 1.29 is 4.74 Å². The molecule has 0 spiro atoms. The van der Waals surface area contributed by atoms with Crippen LogP contribution in [0.2, 0.25) is 0 Å². The Bertz CT molecular complexity index is 191. The van der Waals surface area contributed by atoms with Crippen LogP contribution in [0.15, 0.2) is 21.7 Å². The Balaban J connectivity index is 1.79. The van der Waals surface area contributed by atoms with Crippen molar-refractivity contribution in [2.24, 2.45) is 0 Å². The molecule has 1 aromatic rings. The highest BCUT2D eigenvalue weighted by Crippen LogP contribution is 2.27. The van der Waals surface area contributed by atoms with Gasteiger partial charge in [0.05, 0.1) is 16.9 Å². The van der Waals surface area contributed by atoms with E-state index >= 15 is 0 Å². The molecular formula is C7H8OS2. The van der Waals surface area contributed by atoms with Gasteiger partial charge in [-0.05, 0) is 11.4 Å². The topological polar surface area (TPSA) is 12.5 Å². The van der Waals surface area contributed by atoms with Crippen molar-refractivity contribution in [2.45, 2.75) is 10.3 Å². The minimum absolute atomic E-state index is 0.548. The van der Waals surface area contributed by atoms with E-state index in [4.69, 9.17) is 4.74 Å². The number of thiophene rings is 1. The Labute approximate surface area is 68.4 Å². The fourth-order valence-electron chi connectivity index (χ4n) is 0.685. The summed E-state index contributed by atoms with van der Waals surface area (Å²) in [6.07, 6.45) is 0.548. The molecule has 0 aliphatic carbocycles. The lowest BCUT2D eigenvalue weighted by Gasteiger charge is -1.90. The Hall–Kier alpha value is 0.01000. The maximum absolute atomic E-state index is 5.09. The first-order valence-electron chi connectivity index (χ1n) is 3.23. The Morgan fingerprint density at radius 3 is 3.30 bits per heavy atom. The molecular weight excluding hydrogens is 164 g/mol. The lowest BCUT2D eigenvalue weighted by molar-refractivity contribution is 0.426. The van der Waals surface area contributed by atoms with Gasteiger partial charge in [0.15, 0.2) is 0 Å². The van der Waals surface area contributed by atoms with Crippen LogP contribution >= 0.6 is 23.1 Å². The van der Waals surface area contributed by atoms with Crippen LogP contribution in [-0.2, 0) is 4.74 Å². The van der Waals surface area contributed by atoms with Crippen molar-refractivity contribution >= 4 is 23.1 Å². The number of epoxide rings is 1. The molecule has 0 amide bonds. The molecule has 0 radical (unpaired) electrons. The summed E-state index contributed by atoms with van der Waals surface area (Å²) in [7, 11) is 0. The minimum atomic E-state index is 0.548. The molecule has 0 bridgehead atoms. The predicted molar refractivity (Wildman–Crippen MR) is 44.8 cm³/mol. The normalized spacial score (nSPS) is 23.0. The number of ether oxygens (including phenoxy) is 1. The van der Waals surface area contributed by atoms with Crippen LogP contribution < -0.4 is 0 Å². The molecule has 1 saturated heterocycles. The number of hydrogen-bond acceptors (Lipinski definition) is 3. The van der Waals surface area contributed by atoms with Crippen LogP contribution in [0, 0.1) is 0 Å². The van der Waals surface area contributed by atoms with Crippen LogP contribution in [0.4, 0.5) is 0 Å². The first-order valence-corrected chi connectivity index (χ1v) is 5.09. The molecule has 1 unspecified atom stereocenters. The predicted octanol–water partition coefficient (Wildman–Crippen LogP) is 2.24. The first-order chi connectivity index (χ1) is 4.95. The molecule has 0 saturated carbocycles. The van der Waals surface area contributed by atoms with E-state index in [9.17, 15) is 0 Å². The Kier molecular flexibility index (Phi) is 1.97.